The number of rotatable bonds is 2. The van der Waals surface area contributed by atoms with E-state index in [1.807, 2.05) is 13.1 Å². The second-order valence-corrected chi connectivity index (χ2v) is 3.51. The highest BCUT2D eigenvalue weighted by Crippen LogP contribution is 2.26. The zero-order valence-electron chi connectivity index (χ0n) is 9.07. The normalized spacial score (nSPS) is 10.4. The Hall–Kier alpha value is -2.04. The topological polar surface area (TPSA) is 53.1 Å². The maximum Gasteiger partial charge on any atom is 0.167 e. The quantitative estimate of drug-likeness (QED) is 0.788. The summed E-state index contributed by atoms with van der Waals surface area (Å²) >= 11 is 0. The first-order chi connectivity index (χ1) is 7.61. The first-order valence-corrected chi connectivity index (χ1v) is 4.76. The SMILES string of the molecule is COc1cc(-n2cc(C)cn2)c(N)cc1F. The molecule has 2 rings (SSSR count). The van der Waals surface area contributed by atoms with E-state index in [1.165, 1.54) is 19.2 Å². The number of aryl methyl sites for hydroxylation is 1. The molecular weight excluding hydrogens is 209 g/mol. The highest BCUT2D eigenvalue weighted by Gasteiger charge is 2.10. The van der Waals surface area contributed by atoms with E-state index in [1.54, 1.807) is 10.9 Å². The van der Waals surface area contributed by atoms with Crippen LogP contribution in [0.3, 0.4) is 0 Å². The Morgan fingerprint density at radius 2 is 2.19 bits per heavy atom. The minimum absolute atomic E-state index is 0.150. The highest BCUT2D eigenvalue weighted by atomic mass is 19.1. The van der Waals surface area contributed by atoms with Gasteiger partial charge in [0, 0.05) is 18.3 Å². The van der Waals surface area contributed by atoms with Crippen molar-refractivity contribution in [1.82, 2.24) is 9.78 Å². The van der Waals surface area contributed by atoms with Crippen LogP contribution in [-0.2, 0) is 0 Å². The number of methoxy groups -OCH3 is 1. The summed E-state index contributed by atoms with van der Waals surface area (Å²) < 4.78 is 19.8. The second-order valence-electron chi connectivity index (χ2n) is 3.51. The summed E-state index contributed by atoms with van der Waals surface area (Å²) in [6.07, 6.45) is 3.51. The third-order valence-corrected chi connectivity index (χ3v) is 2.26. The van der Waals surface area contributed by atoms with Crippen molar-refractivity contribution in [2.75, 3.05) is 12.8 Å². The van der Waals surface area contributed by atoms with Crippen molar-refractivity contribution < 1.29 is 9.13 Å². The van der Waals surface area contributed by atoms with E-state index in [9.17, 15) is 4.39 Å². The molecule has 0 aliphatic rings. The lowest BCUT2D eigenvalue weighted by molar-refractivity contribution is 0.386. The molecule has 0 aliphatic carbocycles. The van der Waals surface area contributed by atoms with Crippen LogP contribution in [0.2, 0.25) is 0 Å². The minimum Gasteiger partial charge on any atom is -0.494 e. The van der Waals surface area contributed by atoms with Crippen LogP contribution in [-0.4, -0.2) is 16.9 Å². The molecule has 1 aromatic heterocycles. The van der Waals surface area contributed by atoms with Crippen LogP contribution < -0.4 is 10.5 Å². The first-order valence-electron chi connectivity index (χ1n) is 4.76. The average molecular weight is 221 g/mol. The fourth-order valence-corrected chi connectivity index (χ4v) is 1.46. The molecule has 1 heterocycles. The Labute approximate surface area is 92.4 Å². The maximum atomic E-state index is 13.3. The lowest BCUT2D eigenvalue weighted by Crippen LogP contribution is -2.02. The Morgan fingerprint density at radius 1 is 1.44 bits per heavy atom. The molecule has 0 unspecified atom stereocenters. The number of halogens is 1. The van der Waals surface area contributed by atoms with Gasteiger partial charge in [-0.2, -0.15) is 5.10 Å². The Morgan fingerprint density at radius 3 is 2.75 bits per heavy atom. The van der Waals surface area contributed by atoms with Crippen molar-refractivity contribution in [2.24, 2.45) is 0 Å². The number of ether oxygens (including phenoxy) is 1. The van der Waals surface area contributed by atoms with E-state index in [-0.39, 0.29) is 5.75 Å². The molecule has 84 valence electrons. The number of nitrogens with zero attached hydrogens (tertiary/aromatic N) is 2. The zero-order valence-corrected chi connectivity index (χ0v) is 9.07. The Balaban J connectivity index is 2.56. The molecule has 0 amide bonds. The number of aromatic nitrogens is 2. The third kappa shape index (κ3) is 1.71. The number of nitrogens with two attached hydrogens (primary N) is 1. The summed E-state index contributed by atoms with van der Waals surface area (Å²) in [4.78, 5) is 0. The lowest BCUT2D eigenvalue weighted by Gasteiger charge is -2.09. The van der Waals surface area contributed by atoms with Crippen molar-refractivity contribution in [3.8, 4) is 11.4 Å². The molecule has 1 aromatic carbocycles. The molecule has 5 heteroatoms. The number of anilines is 1. The van der Waals surface area contributed by atoms with Gasteiger partial charge < -0.3 is 10.5 Å². The number of hydrogen-bond acceptors (Lipinski definition) is 3. The fourth-order valence-electron chi connectivity index (χ4n) is 1.46. The Bertz CT molecular complexity index is 522. The van der Waals surface area contributed by atoms with E-state index in [0.717, 1.165) is 5.56 Å². The number of hydrogen-bond donors (Lipinski definition) is 1. The molecule has 0 atom stereocenters. The molecule has 0 bridgehead atoms. The van der Waals surface area contributed by atoms with E-state index >= 15 is 0 Å². The van der Waals surface area contributed by atoms with Crippen LogP contribution in [0, 0.1) is 12.7 Å². The van der Waals surface area contributed by atoms with Crippen LogP contribution >= 0.6 is 0 Å². The monoisotopic (exact) mass is 221 g/mol. The van der Waals surface area contributed by atoms with Crippen LogP contribution in [0.25, 0.3) is 5.69 Å². The van der Waals surface area contributed by atoms with Crippen LogP contribution in [0.4, 0.5) is 10.1 Å². The summed E-state index contributed by atoms with van der Waals surface area (Å²) in [6, 6.07) is 2.75. The molecule has 0 radical (unpaired) electrons. The van der Waals surface area contributed by atoms with Gasteiger partial charge in [-0.05, 0) is 12.5 Å². The average Bonchev–Trinajstić information content (AvgIpc) is 2.65. The van der Waals surface area contributed by atoms with Gasteiger partial charge in [0.1, 0.15) is 0 Å². The smallest absolute Gasteiger partial charge is 0.167 e. The summed E-state index contributed by atoms with van der Waals surface area (Å²) in [5, 5.41) is 4.11. The molecule has 0 fully saturated rings. The number of benzene rings is 1. The van der Waals surface area contributed by atoms with Crippen molar-refractivity contribution in [3.63, 3.8) is 0 Å². The van der Waals surface area contributed by atoms with Crippen molar-refractivity contribution in [2.45, 2.75) is 6.92 Å². The highest BCUT2D eigenvalue weighted by molar-refractivity contribution is 5.60. The van der Waals surface area contributed by atoms with Gasteiger partial charge in [0.15, 0.2) is 11.6 Å². The zero-order chi connectivity index (χ0) is 11.7. The van der Waals surface area contributed by atoms with Crippen molar-refractivity contribution >= 4 is 5.69 Å². The van der Waals surface area contributed by atoms with Gasteiger partial charge in [-0.25, -0.2) is 9.07 Å². The van der Waals surface area contributed by atoms with Crippen LogP contribution in [0.1, 0.15) is 5.56 Å². The van der Waals surface area contributed by atoms with Gasteiger partial charge in [0.2, 0.25) is 0 Å². The van der Waals surface area contributed by atoms with E-state index < -0.39 is 5.82 Å². The summed E-state index contributed by atoms with van der Waals surface area (Å²) in [6.45, 7) is 1.92. The van der Waals surface area contributed by atoms with E-state index in [4.69, 9.17) is 10.5 Å². The van der Waals surface area contributed by atoms with Gasteiger partial charge in [-0.3, -0.25) is 0 Å². The molecule has 0 saturated carbocycles. The predicted molar refractivity (Wildman–Crippen MR) is 59.2 cm³/mol. The standard InChI is InChI=1S/C11H12FN3O/c1-7-5-14-15(6-7)10-4-11(16-2)8(12)3-9(10)13/h3-6H,13H2,1-2H3. The third-order valence-electron chi connectivity index (χ3n) is 2.26. The van der Waals surface area contributed by atoms with Gasteiger partial charge in [0.05, 0.1) is 24.7 Å². The van der Waals surface area contributed by atoms with E-state index in [2.05, 4.69) is 5.10 Å². The molecule has 2 N–H and O–H groups in total. The van der Waals surface area contributed by atoms with Gasteiger partial charge in [-0.15, -0.1) is 0 Å². The molecule has 2 aromatic rings. The van der Waals surface area contributed by atoms with Crippen LogP contribution in [0.15, 0.2) is 24.5 Å². The summed E-state index contributed by atoms with van der Waals surface area (Å²) in [7, 11) is 1.41. The summed E-state index contributed by atoms with van der Waals surface area (Å²) in [5.74, 6) is -0.329. The molecule has 4 nitrogen and oxygen atoms in total. The Kier molecular flexibility index (Phi) is 2.52. The first kappa shape index (κ1) is 10.5. The molecule has 0 aliphatic heterocycles. The summed E-state index contributed by atoms with van der Waals surface area (Å²) in [5.41, 5.74) is 7.66. The van der Waals surface area contributed by atoms with Gasteiger partial charge in [0.25, 0.3) is 0 Å². The van der Waals surface area contributed by atoms with Gasteiger partial charge in [-0.1, -0.05) is 0 Å². The lowest BCUT2D eigenvalue weighted by atomic mass is 10.2. The molecule has 0 saturated heterocycles. The van der Waals surface area contributed by atoms with E-state index in [0.29, 0.717) is 11.4 Å². The minimum atomic E-state index is -0.479. The van der Waals surface area contributed by atoms with Crippen molar-refractivity contribution in [3.05, 3.63) is 35.9 Å². The van der Waals surface area contributed by atoms with Crippen LogP contribution in [0.5, 0.6) is 5.75 Å². The number of nitrogen functional groups attached to an aromatic ring is 1. The van der Waals surface area contributed by atoms with Gasteiger partial charge >= 0.3 is 0 Å². The molecule has 0 spiro atoms. The predicted octanol–water partition coefficient (Wildman–Crippen LogP) is 1.91. The molecular formula is C11H12FN3O. The maximum absolute atomic E-state index is 13.3. The second kappa shape index (κ2) is 3.84. The largest absolute Gasteiger partial charge is 0.494 e. The van der Waals surface area contributed by atoms with Crippen molar-refractivity contribution in [1.29, 1.82) is 0 Å². The fraction of sp³-hybridized carbons (Fsp3) is 0.182. The molecule has 16 heavy (non-hydrogen) atoms.